The Hall–Kier alpha value is -2.83. The number of hydrogen-bond donors (Lipinski definition) is 3. The summed E-state index contributed by atoms with van der Waals surface area (Å²) in [5.41, 5.74) is 10.8. The average Bonchev–Trinajstić information content (AvgIpc) is 2.98. The molecule has 0 bridgehead atoms. The number of amides is 1. The Bertz CT molecular complexity index is 1060. The summed E-state index contributed by atoms with van der Waals surface area (Å²) >= 11 is 6.16. The van der Waals surface area contributed by atoms with Crippen LogP contribution in [0.25, 0.3) is 16.8 Å². The van der Waals surface area contributed by atoms with Gasteiger partial charge in [0.2, 0.25) is 0 Å². The maximum atomic E-state index is 12.4. The van der Waals surface area contributed by atoms with Crippen LogP contribution in [-0.4, -0.2) is 32.9 Å². The van der Waals surface area contributed by atoms with E-state index >= 15 is 0 Å². The molecule has 0 saturated heterocycles. The number of halogens is 1. The van der Waals surface area contributed by atoms with Gasteiger partial charge in [0.15, 0.2) is 0 Å². The summed E-state index contributed by atoms with van der Waals surface area (Å²) in [7, 11) is 0. The van der Waals surface area contributed by atoms with Gasteiger partial charge in [0.25, 0.3) is 5.91 Å². The number of nitrogens with two attached hydrogens (primary N) is 1. The van der Waals surface area contributed by atoms with Gasteiger partial charge in [-0.2, -0.15) is 5.10 Å². The Balaban J connectivity index is 1.92. The van der Waals surface area contributed by atoms with E-state index in [-0.39, 0.29) is 12.5 Å². The second-order valence-electron chi connectivity index (χ2n) is 7.74. The van der Waals surface area contributed by atoms with E-state index in [9.17, 15) is 9.90 Å². The van der Waals surface area contributed by atoms with Gasteiger partial charge < -0.3 is 16.2 Å². The van der Waals surface area contributed by atoms with Crippen LogP contribution in [0, 0.1) is 13.8 Å². The molecule has 0 aliphatic carbocycles. The van der Waals surface area contributed by atoms with Gasteiger partial charge in [-0.25, -0.2) is 4.68 Å². The summed E-state index contributed by atoms with van der Waals surface area (Å²) < 4.78 is 1.83. The predicted octanol–water partition coefficient (Wildman–Crippen LogP) is 3.89. The summed E-state index contributed by atoms with van der Waals surface area (Å²) in [6.07, 6.45) is 0. The van der Waals surface area contributed by atoms with Crippen molar-refractivity contribution in [2.75, 3.05) is 12.3 Å². The van der Waals surface area contributed by atoms with Crippen LogP contribution in [0.5, 0.6) is 0 Å². The summed E-state index contributed by atoms with van der Waals surface area (Å²) in [4.78, 5) is 12.4. The zero-order valence-electron chi connectivity index (χ0n) is 17.0. The van der Waals surface area contributed by atoms with Gasteiger partial charge in [-0.3, -0.25) is 4.79 Å². The van der Waals surface area contributed by atoms with Crippen molar-refractivity contribution in [1.29, 1.82) is 0 Å². The highest BCUT2D eigenvalue weighted by Gasteiger charge is 2.20. The van der Waals surface area contributed by atoms with E-state index in [2.05, 4.69) is 10.4 Å². The fraction of sp³-hybridized carbons (Fsp3) is 0.273. The molecular formula is C22H25ClN4O2. The van der Waals surface area contributed by atoms with Crippen LogP contribution in [-0.2, 0) is 0 Å². The van der Waals surface area contributed by atoms with Crippen LogP contribution in [0.4, 0.5) is 5.69 Å². The molecule has 4 N–H and O–H groups in total. The Morgan fingerprint density at radius 2 is 1.86 bits per heavy atom. The molecule has 3 aromatic rings. The topological polar surface area (TPSA) is 93.2 Å². The number of nitrogens with one attached hydrogen (secondary N) is 1. The number of aryl methyl sites for hydroxylation is 1. The van der Waals surface area contributed by atoms with E-state index in [1.54, 1.807) is 38.1 Å². The van der Waals surface area contributed by atoms with Crippen molar-refractivity contribution < 1.29 is 9.90 Å². The molecule has 0 aliphatic heterocycles. The lowest BCUT2D eigenvalue weighted by Gasteiger charge is -2.23. The van der Waals surface area contributed by atoms with Crippen molar-refractivity contribution >= 4 is 23.2 Å². The molecule has 1 heterocycles. The first-order valence-corrected chi connectivity index (χ1v) is 9.66. The molecule has 29 heavy (non-hydrogen) atoms. The third-order valence-electron chi connectivity index (χ3n) is 4.80. The molecule has 0 spiro atoms. The molecule has 0 saturated carbocycles. The number of hydrogen-bond acceptors (Lipinski definition) is 4. The molecule has 0 unspecified atom stereocenters. The standard InChI is InChI=1S/C22H25ClN4O2/c1-13-20(14(2)27(26-13)17-9-10-19(24)18(23)11-17)15-5-7-16(8-6-15)21(29)25-22(3,4)12-28/h5-11,28H,12,24H2,1-4H3,(H,25,29). The third kappa shape index (κ3) is 4.28. The first kappa shape index (κ1) is 20.9. The quantitative estimate of drug-likeness (QED) is 0.554. The smallest absolute Gasteiger partial charge is 0.251 e. The summed E-state index contributed by atoms with van der Waals surface area (Å²) in [6.45, 7) is 7.34. The van der Waals surface area contributed by atoms with E-state index in [1.165, 1.54) is 0 Å². The van der Waals surface area contributed by atoms with Gasteiger partial charge in [-0.1, -0.05) is 23.7 Å². The van der Waals surface area contributed by atoms with Crippen LogP contribution in [0.1, 0.15) is 35.6 Å². The fourth-order valence-electron chi connectivity index (χ4n) is 3.17. The molecule has 7 heteroatoms. The molecule has 1 aromatic heterocycles. The Morgan fingerprint density at radius 1 is 1.21 bits per heavy atom. The number of aromatic nitrogens is 2. The predicted molar refractivity (Wildman–Crippen MR) is 117 cm³/mol. The summed E-state index contributed by atoms with van der Waals surface area (Å²) in [5, 5.41) is 17.3. The number of nitrogen functional groups attached to an aromatic ring is 1. The maximum Gasteiger partial charge on any atom is 0.251 e. The summed E-state index contributed by atoms with van der Waals surface area (Å²) in [6, 6.07) is 12.8. The van der Waals surface area contributed by atoms with Gasteiger partial charge in [0.1, 0.15) is 0 Å². The first-order chi connectivity index (χ1) is 13.6. The van der Waals surface area contributed by atoms with Gasteiger partial charge in [0, 0.05) is 16.8 Å². The number of aliphatic hydroxyl groups excluding tert-OH is 1. The normalized spacial score (nSPS) is 11.5. The lowest BCUT2D eigenvalue weighted by molar-refractivity contribution is 0.0869. The third-order valence-corrected chi connectivity index (χ3v) is 5.13. The highest BCUT2D eigenvalue weighted by molar-refractivity contribution is 6.33. The van der Waals surface area contributed by atoms with Gasteiger partial charge in [-0.05, 0) is 63.6 Å². The van der Waals surface area contributed by atoms with Crippen molar-refractivity contribution in [2.24, 2.45) is 0 Å². The van der Waals surface area contributed by atoms with E-state index < -0.39 is 5.54 Å². The maximum absolute atomic E-state index is 12.4. The minimum absolute atomic E-state index is 0.135. The van der Waals surface area contributed by atoms with Crippen LogP contribution in [0.2, 0.25) is 5.02 Å². The highest BCUT2D eigenvalue weighted by atomic mass is 35.5. The molecule has 6 nitrogen and oxygen atoms in total. The number of benzene rings is 2. The van der Waals surface area contributed by atoms with E-state index in [0.29, 0.717) is 16.3 Å². The Kier molecular flexibility index (Phi) is 5.68. The molecule has 0 aliphatic rings. The average molecular weight is 413 g/mol. The van der Waals surface area contributed by atoms with Crippen molar-refractivity contribution in [3.05, 3.63) is 64.4 Å². The molecule has 3 rings (SSSR count). The monoisotopic (exact) mass is 412 g/mol. The van der Waals surface area contributed by atoms with E-state index in [0.717, 1.165) is 28.2 Å². The first-order valence-electron chi connectivity index (χ1n) is 9.28. The molecule has 0 fully saturated rings. The molecular weight excluding hydrogens is 388 g/mol. The molecule has 1 amide bonds. The van der Waals surface area contributed by atoms with Gasteiger partial charge in [0.05, 0.1) is 34.2 Å². The number of nitrogens with zero attached hydrogens (tertiary/aromatic N) is 2. The van der Waals surface area contributed by atoms with Crippen molar-refractivity contribution in [3.8, 4) is 16.8 Å². The lowest BCUT2D eigenvalue weighted by Crippen LogP contribution is -2.46. The van der Waals surface area contributed by atoms with Gasteiger partial charge >= 0.3 is 0 Å². The number of carbonyl (C=O) groups is 1. The zero-order valence-corrected chi connectivity index (χ0v) is 17.7. The highest BCUT2D eigenvalue weighted by Crippen LogP contribution is 2.30. The van der Waals surface area contributed by atoms with Crippen molar-refractivity contribution in [1.82, 2.24) is 15.1 Å². The lowest BCUT2D eigenvalue weighted by atomic mass is 10.0. The van der Waals surface area contributed by atoms with Gasteiger partial charge in [-0.15, -0.1) is 0 Å². The minimum atomic E-state index is -0.676. The number of aliphatic hydroxyl groups is 1. The van der Waals surface area contributed by atoms with Crippen molar-refractivity contribution in [3.63, 3.8) is 0 Å². The second-order valence-corrected chi connectivity index (χ2v) is 8.14. The summed E-state index contributed by atoms with van der Waals surface area (Å²) in [5.74, 6) is -0.226. The van der Waals surface area contributed by atoms with E-state index in [4.69, 9.17) is 17.3 Å². The number of anilines is 1. The van der Waals surface area contributed by atoms with Crippen LogP contribution < -0.4 is 11.1 Å². The van der Waals surface area contributed by atoms with E-state index in [1.807, 2.05) is 36.7 Å². The molecule has 0 radical (unpaired) electrons. The molecule has 2 aromatic carbocycles. The largest absolute Gasteiger partial charge is 0.398 e. The van der Waals surface area contributed by atoms with Crippen LogP contribution in [0.3, 0.4) is 0 Å². The Labute approximate surface area is 175 Å². The van der Waals surface area contributed by atoms with Crippen LogP contribution >= 0.6 is 11.6 Å². The second kappa shape index (κ2) is 7.89. The fourth-order valence-corrected chi connectivity index (χ4v) is 3.34. The molecule has 152 valence electrons. The zero-order chi connectivity index (χ0) is 21.3. The minimum Gasteiger partial charge on any atom is -0.398 e. The molecule has 0 atom stereocenters. The number of carbonyl (C=O) groups excluding carboxylic acids is 1. The van der Waals surface area contributed by atoms with Crippen molar-refractivity contribution in [2.45, 2.75) is 33.2 Å². The SMILES string of the molecule is Cc1nn(-c2ccc(N)c(Cl)c2)c(C)c1-c1ccc(C(=O)NC(C)(C)CO)cc1. The number of rotatable bonds is 5. The van der Waals surface area contributed by atoms with Crippen LogP contribution in [0.15, 0.2) is 42.5 Å². The Morgan fingerprint density at radius 3 is 2.45 bits per heavy atom.